The lowest BCUT2D eigenvalue weighted by Crippen LogP contribution is -2.00. The maximum Gasteiger partial charge on any atom is 0.0831 e. The largest absolute Gasteiger partial charge is 0.381 e. The van der Waals surface area contributed by atoms with E-state index in [9.17, 15) is 0 Å². The number of hydrogen-bond acceptors (Lipinski definition) is 2. The van der Waals surface area contributed by atoms with E-state index in [2.05, 4.69) is 6.92 Å². The minimum Gasteiger partial charge on any atom is -0.381 e. The molecular formula is C20H40O2. The van der Waals surface area contributed by atoms with Gasteiger partial charge in [0.1, 0.15) is 0 Å². The van der Waals surface area contributed by atoms with Gasteiger partial charge in [-0.1, -0.05) is 90.4 Å². The van der Waals surface area contributed by atoms with Crippen molar-refractivity contribution >= 4 is 0 Å². The van der Waals surface area contributed by atoms with Gasteiger partial charge < -0.3 is 9.47 Å². The van der Waals surface area contributed by atoms with Gasteiger partial charge in [-0.15, -0.1) is 0 Å². The van der Waals surface area contributed by atoms with Crippen LogP contribution in [0.2, 0.25) is 0 Å². The molecule has 1 saturated heterocycles. The molecule has 0 aromatic rings. The lowest BCUT2D eigenvalue weighted by Gasteiger charge is -2.04. The van der Waals surface area contributed by atoms with Crippen LogP contribution >= 0.6 is 0 Å². The molecule has 0 aliphatic carbocycles. The van der Waals surface area contributed by atoms with Crippen molar-refractivity contribution in [2.45, 2.75) is 109 Å². The predicted molar refractivity (Wildman–Crippen MR) is 95.5 cm³/mol. The zero-order valence-electron chi connectivity index (χ0n) is 15.1. The smallest absolute Gasteiger partial charge is 0.0831 e. The molecule has 1 aliphatic heterocycles. The maximum atomic E-state index is 5.61. The fourth-order valence-electron chi connectivity index (χ4n) is 2.95. The van der Waals surface area contributed by atoms with Crippen molar-refractivity contribution in [1.82, 2.24) is 0 Å². The van der Waals surface area contributed by atoms with Crippen molar-refractivity contribution in [2.75, 3.05) is 19.8 Å². The van der Waals surface area contributed by atoms with Gasteiger partial charge in [0.25, 0.3) is 0 Å². The molecular weight excluding hydrogens is 272 g/mol. The first-order chi connectivity index (χ1) is 10.9. The van der Waals surface area contributed by atoms with Crippen LogP contribution in [-0.2, 0) is 9.47 Å². The van der Waals surface area contributed by atoms with E-state index in [0.29, 0.717) is 6.10 Å². The number of rotatable bonds is 18. The molecule has 132 valence electrons. The van der Waals surface area contributed by atoms with E-state index in [1.165, 1.54) is 89.9 Å². The van der Waals surface area contributed by atoms with E-state index in [1.54, 1.807) is 0 Å². The van der Waals surface area contributed by atoms with Crippen LogP contribution in [0.5, 0.6) is 0 Å². The minimum absolute atomic E-state index is 0.524. The van der Waals surface area contributed by atoms with E-state index in [1.807, 2.05) is 0 Å². The Morgan fingerprint density at radius 2 is 1.14 bits per heavy atom. The summed E-state index contributed by atoms with van der Waals surface area (Å²) in [5.41, 5.74) is 0. The third kappa shape index (κ3) is 14.8. The Hall–Kier alpha value is -0.0800. The van der Waals surface area contributed by atoms with Crippen molar-refractivity contribution in [1.29, 1.82) is 0 Å². The van der Waals surface area contributed by atoms with E-state index in [0.717, 1.165) is 26.2 Å². The summed E-state index contributed by atoms with van der Waals surface area (Å²) in [5.74, 6) is 0. The molecule has 1 unspecified atom stereocenters. The van der Waals surface area contributed by atoms with Gasteiger partial charge in [-0.05, 0) is 12.8 Å². The summed E-state index contributed by atoms with van der Waals surface area (Å²) in [6.07, 6.45) is 21.5. The molecule has 1 rings (SSSR count). The Bertz CT molecular complexity index is 214. The van der Waals surface area contributed by atoms with Crippen LogP contribution in [0.4, 0.5) is 0 Å². The number of ether oxygens (including phenoxy) is 2. The summed E-state index contributed by atoms with van der Waals surface area (Å²) in [6, 6.07) is 0. The van der Waals surface area contributed by atoms with Crippen molar-refractivity contribution in [3.8, 4) is 0 Å². The highest BCUT2D eigenvalue weighted by atomic mass is 16.6. The standard InChI is InChI=1S/C20H40O2/c1-2-3-4-5-6-7-8-9-10-11-12-13-14-15-17-21-18-16-20-19-22-20/h20H,2-19H2,1H3. The molecule has 1 heterocycles. The zero-order valence-corrected chi connectivity index (χ0v) is 15.1. The summed E-state index contributed by atoms with van der Waals surface area (Å²) in [7, 11) is 0. The first-order valence-electron chi connectivity index (χ1n) is 10.1. The molecule has 0 amide bonds. The third-order valence-corrected chi connectivity index (χ3v) is 4.63. The van der Waals surface area contributed by atoms with Crippen molar-refractivity contribution in [3.05, 3.63) is 0 Å². The summed E-state index contributed by atoms with van der Waals surface area (Å²) >= 11 is 0. The van der Waals surface area contributed by atoms with Gasteiger partial charge in [-0.3, -0.25) is 0 Å². The first-order valence-corrected chi connectivity index (χ1v) is 10.1. The lowest BCUT2D eigenvalue weighted by molar-refractivity contribution is 0.121. The molecule has 2 heteroatoms. The van der Waals surface area contributed by atoms with Gasteiger partial charge in [0.15, 0.2) is 0 Å². The number of hydrogen-bond donors (Lipinski definition) is 0. The minimum atomic E-state index is 0.524. The SMILES string of the molecule is CCCCCCCCCCCCCCCCOCCC1CO1. The summed E-state index contributed by atoms with van der Waals surface area (Å²) < 4.78 is 10.8. The molecule has 0 N–H and O–H groups in total. The second-order valence-electron chi connectivity index (χ2n) is 6.95. The molecule has 1 aliphatic rings. The van der Waals surface area contributed by atoms with Gasteiger partial charge >= 0.3 is 0 Å². The van der Waals surface area contributed by atoms with Crippen LogP contribution in [-0.4, -0.2) is 25.9 Å². The number of epoxide rings is 1. The Morgan fingerprint density at radius 3 is 1.59 bits per heavy atom. The number of unbranched alkanes of at least 4 members (excludes halogenated alkanes) is 13. The van der Waals surface area contributed by atoms with E-state index < -0.39 is 0 Å². The summed E-state index contributed by atoms with van der Waals surface area (Å²) in [6.45, 7) is 5.09. The monoisotopic (exact) mass is 312 g/mol. The van der Waals surface area contributed by atoms with Crippen LogP contribution in [0.1, 0.15) is 103 Å². The van der Waals surface area contributed by atoms with E-state index >= 15 is 0 Å². The van der Waals surface area contributed by atoms with Gasteiger partial charge in [0.05, 0.1) is 12.7 Å². The Labute approximate surface area is 139 Å². The van der Waals surface area contributed by atoms with Crippen LogP contribution in [0.15, 0.2) is 0 Å². The third-order valence-electron chi connectivity index (χ3n) is 4.63. The second-order valence-corrected chi connectivity index (χ2v) is 6.95. The molecule has 22 heavy (non-hydrogen) atoms. The fraction of sp³-hybridized carbons (Fsp3) is 1.00. The van der Waals surface area contributed by atoms with Crippen LogP contribution in [0, 0.1) is 0 Å². The highest BCUT2D eigenvalue weighted by Crippen LogP contribution is 2.14. The van der Waals surface area contributed by atoms with Gasteiger partial charge in [0.2, 0.25) is 0 Å². The zero-order chi connectivity index (χ0) is 15.7. The highest BCUT2D eigenvalue weighted by molar-refractivity contribution is 4.67. The fourth-order valence-corrected chi connectivity index (χ4v) is 2.95. The Balaban J connectivity index is 1.59. The van der Waals surface area contributed by atoms with Crippen LogP contribution < -0.4 is 0 Å². The van der Waals surface area contributed by atoms with Gasteiger partial charge in [-0.2, -0.15) is 0 Å². The topological polar surface area (TPSA) is 21.8 Å². The molecule has 0 aromatic heterocycles. The molecule has 0 radical (unpaired) electrons. The summed E-state index contributed by atoms with van der Waals surface area (Å²) in [4.78, 5) is 0. The summed E-state index contributed by atoms with van der Waals surface area (Å²) in [5, 5.41) is 0. The average Bonchev–Trinajstić information content (AvgIpc) is 3.34. The van der Waals surface area contributed by atoms with Crippen molar-refractivity contribution in [2.24, 2.45) is 0 Å². The molecule has 0 spiro atoms. The van der Waals surface area contributed by atoms with Crippen LogP contribution in [0.25, 0.3) is 0 Å². The predicted octanol–water partition coefficient (Wildman–Crippen LogP) is 6.27. The van der Waals surface area contributed by atoms with Crippen LogP contribution in [0.3, 0.4) is 0 Å². The second kappa shape index (κ2) is 15.8. The molecule has 1 fully saturated rings. The molecule has 0 aromatic carbocycles. The van der Waals surface area contributed by atoms with E-state index in [4.69, 9.17) is 9.47 Å². The molecule has 0 saturated carbocycles. The normalized spacial score (nSPS) is 17.0. The Kier molecular flexibility index (Phi) is 14.3. The maximum absolute atomic E-state index is 5.61. The molecule has 1 atom stereocenters. The van der Waals surface area contributed by atoms with Gasteiger partial charge in [0, 0.05) is 13.2 Å². The lowest BCUT2D eigenvalue weighted by atomic mass is 10.0. The van der Waals surface area contributed by atoms with Crippen molar-refractivity contribution < 1.29 is 9.47 Å². The first kappa shape index (κ1) is 20.0. The molecule has 2 nitrogen and oxygen atoms in total. The highest BCUT2D eigenvalue weighted by Gasteiger charge is 2.21. The Morgan fingerprint density at radius 1 is 0.682 bits per heavy atom. The van der Waals surface area contributed by atoms with Gasteiger partial charge in [-0.25, -0.2) is 0 Å². The van der Waals surface area contributed by atoms with E-state index in [-0.39, 0.29) is 0 Å². The van der Waals surface area contributed by atoms with Crippen molar-refractivity contribution in [3.63, 3.8) is 0 Å². The molecule has 0 bridgehead atoms. The average molecular weight is 313 g/mol. The quantitative estimate of drug-likeness (QED) is 0.220.